The van der Waals surface area contributed by atoms with Crippen molar-refractivity contribution in [2.45, 2.75) is 39.8 Å². The van der Waals surface area contributed by atoms with Gasteiger partial charge >= 0.3 is 0 Å². The van der Waals surface area contributed by atoms with Gasteiger partial charge in [0.05, 0.1) is 6.61 Å². The van der Waals surface area contributed by atoms with E-state index in [1.54, 1.807) is 13.2 Å². The Kier molecular flexibility index (Phi) is 6.43. The van der Waals surface area contributed by atoms with Gasteiger partial charge < -0.3 is 15.0 Å². The van der Waals surface area contributed by atoms with E-state index in [1.807, 2.05) is 6.07 Å². The lowest BCUT2D eigenvalue weighted by Crippen LogP contribution is -2.36. The molecule has 0 saturated heterocycles. The topological polar surface area (TPSA) is 24.5 Å². The fourth-order valence-corrected chi connectivity index (χ4v) is 2.01. The Morgan fingerprint density at radius 3 is 2.55 bits per heavy atom. The second kappa shape index (κ2) is 7.60. The van der Waals surface area contributed by atoms with Crippen molar-refractivity contribution in [2.24, 2.45) is 0 Å². The fraction of sp³-hybridized carbons (Fsp3) is 0.625. The highest BCUT2D eigenvalue weighted by molar-refractivity contribution is 5.53. The number of methoxy groups -OCH3 is 1. The molecule has 0 aliphatic carbocycles. The molecule has 114 valence electrons. The Morgan fingerprint density at radius 2 is 2.00 bits per heavy atom. The second-order valence-electron chi connectivity index (χ2n) is 5.95. The number of ether oxygens (including phenoxy) is 1. The smallest absolute Gasteiger partial charge is 0.123 e. The summed E-state index contributed by atoms with van der Waals surface area (Å²) in [5, 5.41) is 3.42. The van der Waals surface area contributed by atoms with E-state index in [2.05, 4.69) is 37.9 Å². The summed E-state index contributed by atoms with van der Waals surface area (Å²) in [5.74, 6) is -0.192. The standard InChI is InChI=1S/C16H27FN2O/c1-6-19(9-10-20-5)15-8-7-14(17)11-13(15)12-18-16(2,3)4/h7-8,11,18H,6,9-10,12H2,1-5H3. The molecular formula is C16H27FN2O. The first-order valence-electron chi connectivity index (χ1n) is 7.14. The van der Waals surface area contributed by atoms with Gasteiger partial charge in [-0.2, -0.15) is 0 Å². The Labute approximate surface area is 122 Å². The van der Waals surface area contributed by atoms with Crippen LogP contribution in [0.3, 0.4) is 0 Å². The molecule has 4 heteroatoms. The quantitative estimate of drug-likeness (QED) is 0.831. The van der Waals surface area contributed by atoms with Crippen molar-refractivity contribution in [1.82, 2.24) is 5.32 Å². The number of nitrogens with one attached hydrogen (secondary N) is 1. The zero-order valence-corrected chi connectivity index (χ0v) is 13.3. The molecule has 20 heavy (non-hydrogen) atoms. The molecule has 3 nitrogen and oxygen atoms in total. The average molecular weight is 282 g/mol. The van der Waals surface area contributed by atoms with Crippen molar-refractivity contribution in [1.29, 1.82) is 0 Å². The molecular weight excluding hydrogens is 255 g/mol. The molecule has 0 heterocycles. The number of likely N-dealkylation sites (N-methyl/N-ethyl adjacent to an activating group) is 1. The molecule has 0 aliphatic rings. The van der Waals surface area contributed by atoms with Gasteiger partial charge in [0, 0.05) is 38.0 Å². The molecule has 0 spiro atoms. The minimum atomic E-state index is -0.192. The molecule has 1 N–H and O–H groups in total. The van der Waals surface area contributed by atoms with Crippen LogP contribution in [0.15, 0.2) is 18.2 Å². The lowest BCUT2D eigenvalue weighted by Gasteiger charge is -2.27. The zero-order chi connectivity index (χ0) is 15.2. The SMILES string of the molecule is CCN(CCOC)c1ccc(F)cc1CNC(C)(C)C. The summed E-state index contributed by atoms with van der Waals surface area (Å²) >= 11 is 0. The highest BCUT2D eigenvalue weighted by atomic mass is 19.1. The summed E-state index contributed by atoms with van der Waals surface area (Å²) in [6.07, 6.45) is 0. The van der Waals surface area contributed by atoms with Crippen LogP contribution in [-0.2, 0) is 11.3 Å². The van der Waals surface area contributed by atoms with E-state index in [4.69, 9.17) is 4.74 Å². The highest BCUT2D eigenvalue weighted by Gasteiger charge is 2.14. The minimum absolute atomic E-state index is 0.00711. The van der Waals surface area contributed by atoms with E-state index >= 15 is 0 Å². The predicted molar refractivity (Wildman–Crippen MR) is 82.8 cm³/mol. The lowest BCUT2D eigenvalue weighted by molar-refractivity contribution is 0.205. The Hall–Kier alpha value is -1.13. The first-order valence-corrected chi connectivity index (χ1v) is 7.14. The predicted octanol–water partition coefficient (Wildman–Crippen LogP) is 3.19. The van der Waals surface area contributed by atoms with E-state index < -0.39 is 0 Å². The number of hydrogen-bond donors (Lipinski definition) is 1. The summed E-state index contributed by atoms with van der Waals surface area (Å²) < 4.78 is 18.7. The maximum atomic E-state index is 13.5. The normalized spacial score (nSPS) is 11.7. The third-order valence-corrected chi connectivity index (χ3v) is 3.14. The van der Waals surface area contributed by atoms with Crippen molar-refractivity contribution in [2.75, 3.05) is 31.7 Å². The van der Waals surface area contributed by atoms with Gasteiger partial charge in [-0.3, -0.25) is 0 Å². The van der Waals surface area contributed by atoms with Gasteiger partial charge in [-0.1, -0.05) is 0 Å². The lowest BCUT2D eigenvalue weighted by atomic mass is 10.1. The second-order valence-corrected chi connectivity index (χ2v) is 5.95. The van der Waals surface area contributed by atoms with Crippen molar-refractivity contribution in [3.05, 3.63) is 29.6 Å². The van der Waals surface area contributed by atoms with Gasteiger partial charge in [0.25, 0.3) is 0 Å². The Bertz CT molecular complexity index is 415. The largest absolute Gasteiger partial charge is 0.383 e. The number of hydrogen-bond acceptors (Lipinski definition) is 3. The molecule has 1 rings (SSSR count). The molecule has 0 aromatic heterocycles. The van der Waals surface area contributed by atoms with Gasteiger partial charge in [0.15, 0.2) is 0 Å². The Morgan fingerprint density at radius 1 is 1.30 bits per heavy atom. The van der Waals surface area contributed by atoms with Gasteiger partial charge in [0.1, 0.15) is 5.82 Å². The number of benzene rings is 1. The molecule has 0 radical (unpaired) electrons. The van der Waals surface area contributed by atoms with E-state index in [0.29, 0.717) is 13.2 Å². The van der Waals surface area contributed by atoms with Gasteiger partial charge in [-0.15, -0.1) is 0 Å². The van der Waals surface area contributed by atoms with Gasteiger partial charge in [0.2, 0.25) is 0 Å². The van der Waals surface area contributed by atoms with Crippen LogP contribution in [0.1, 0.15) is 33.3 Å². The maximum absolute atomic E-state index is 13.5. The van der Waals surface area contributed by atoms with E-state index in [9.17, 15) is 4.39 Å². The summed E-state index contributed by atoms with van der Waals surface area (Å²) in [6, 6.07) is 4.99. The molecule has 0 aliphatic heterocycles. The molecule has 0 atom stereocenters. The molecule has 1 aromatic carbocycles. The molecule has 0 fully saturated rings. The van der Waals surface area contributed by atoms with Crippen LogP contribution < -0.4 is 10.2 Å². The number of nitrogens with zero attached hydrogens (tertiary/aromatic N) is 1. The van der Waals surface area contributed by atoms with Crippen molar-refractivity contribution < 1.29 is 9.13 Å². The first kappa shape index (κ1) is 16.9. The van der Waals surface area contributed by atoms with Crippen LogP contribution in [0.4, 0.5) is 10.1 Å². The third-order valence-electron chi connectivity index (χ3n) is 3.14. The molecule has 0 bridgehead atoms. The maximum Gasteiger partial charge on any atom is 0.123 e. The number of halogens is 1. The van der Waals surface area contributed by atoms with Crippen LogP contribution in [0.2, 0.25) is 0 Å². The first-order chi connectivity index (χ1) is 9.37. The molecule has 1 aromatic rings. The van der Waals surface area contributed by atoms with E-state index in [1.165, 1.54) is 6.07 Å². The number of rotatable bonds is 7. The molecule has 0 unspecified atom stereocenters. The summed E-state index contributed by atoms with van der Waals surface area (Å²) in [5.41, 5.74) is 2.06. The van der Waals surface area contributed by atoms with Crippen molar-refractivity contribution in [3.8, 4) is 0 Å². The van der Waals surface area contributed by atoms with Crippen LogP contribution in [-0.4, -0.2) is 32.3 Å². The average Bonchev–Trinajstić information content (AvgIpc) is 2.38. The van der Waals surface area contributed by atoms with Gasteiger partial charge in [-0.05, 0) is 51.5 Å². The number of anilines is 1. The highest BCUT2D eigenvalue weighted by Crippen LogP contribution is 2.22. The summed E-state index contributed by atoms with van der Waals surface area (Å²) in [7, 11) is 1.70. The van der Waals surface area contributed by atoms with E-state index in [-0.39, 0.29) is 11.4 Å². The van der Waals surface area contributed by atoms with Crippen molar-refractivity contribution in [3.63, 3.8) is 0 Å². The summed E-state index contributed by atoms with van der Waals surface area (Å²) in [6.45, 7) is 11.4. The summed E-state index contributed by atoms with van der Waals surface area (Å²) in [4.78, 5) is 2.21. The van der Waals surface area contributed by atoms with Crippen LogP contribution in [0.25, 0.3) is 0 Å². The van der Waals surface area contributed by atoms with Crippen molar-refractivity contribution >= 4 is 5.69 Å². The van der Waals surface area contributed by atoms with Crippen LogP contribution >= 0.6 is 0 Å². The third kappa shape index (κ3) is 5.47. The van der Waals surface area contributed by atoms with Crippen LogP contribution in [0, 0.1) is 5.82 Å². The van der Waals surface area contributed by atoms with Crippen LogP contribution in [0.5, 0.6) is 0 Å². The fourth-order valence-electron chi connectivity index (χ4n) is 2.01. The Balaban J connectivity index is 2.93. The van der Waals surface area contributed by atoms with E-state index in [0.717, 1.165) is 24.3 Å². The minimum Gasteiger partial charge on any atom is -0.383 e. The molecule has 0 saturated carbocycles. The van der Waals surface area contributed by atoms with Gasteiger partial charge in [-0.25, -0.2) is 4.39 Å². The monoisotopic (exact) mass is 282 g/mol. The molecule has 0 amide bonds. The zero-order valence-electron chi connectivity index (χ0n) is 13.3.